The van der Waals surface area contributed by atoms with E-state index in [1.807, 2.05) is 0 Å². The number of hydrogen-bond acceptors (Lipinski definition) is 6. The molecule has 0 amide bonds. The van der Waals surface area contributed by atoms with Crippen molar-refractivity contribution >= 4 is 34.8 Å². The summed E-state index contributed by atoms with van der Waals surface area (Å²) in [4.78, 5) is 43.0. The first-order chi connectivity index (χ1) is 13.0. The van der Waals surface area contributed by atoms with Crippen molar-refractivity contribution in [3.8, 4) is 11.5 Å². The number of aromatic carboxylic acids is 1. The largest absolute Gasteiger partial charge is 0.478 e. The number of carbonyl (C=O) groups is 4. The van der Waals surface area contributed by atoms with Crippen molar-refractivity contribution in [2.45, 2.75) is 27.7 Å². The van der Waals surface area contributed by atoms with Gasteiger partial charge in [-0.3, -0.25) is 14.4 Å². The molecule has 0 aromatic heterocycles. The van der Waals surface area contributed by atoms with Gasteiger partial charge in [0.05, 0.1) is 5.56 Å². The second kappa shape index (κ2) is 10.2. The molecule has 8 heteroatoms. The smallest absolute Gasteiger partial charge is 0.336 e. The van der Waals surface area contributed by atoms with Crippen LogP contribution in [0.1, 0.15) is 45.7 Å². The van der Waals surface area contributed by atoms with Gasteiger partial charge in [0, 0.05) is 30.5 Å². The minimum Gasteiger partial charge on any atom is -0.478 e. The molecule has 0 aliphatic heterocycles. The van der Waals surface area contributed by atoms with Crippen LogP contribution >= 0.6 is 11.6 Å². The van der Waals surface area contributed by atoms with Gasteiger partial charge in [0.2, 0.25) is 0 Å². The quantitative estimate of drug-likeness (QED) is 0.465. The van der Waals surface area contributed by atoms with Gasteiger partial charge in [-0.2, -0.15) is 0 Å². The summed E-state index contributed by atoms with van der Waals surface area (Å²) in [7, 11) is 0. The average molecular weight is 407 g/mol. The Hall–Kier alpha value is -3.19. The number of carbonyl (C=O) groups excluding carboxylic acids is 3. The molecule has 0 saturated carbocycles. The van der Waals surface area contributed by atoms with Gasteiger partial charge in [-0.1, -0.05) is 12.1 Å². The maximum atomic E-state index is 10.9. The van der Waals surface area contributed by atoms with Gasteiger partial charge in [-0.15, -0.1) is 0 Å². The van der Waals surface area contributed by atoms with Gasteiger partial charge in [0.15, 0.2) is 0 Å². The lowest BCUT2D eigenvalue weighted by Crippen LogP contribution is -2.06. The molecule has 0 heterocycles. The van der Waals surface area contributed by atoms with Gasteiger partial charge in [-0.05, 0) is 49.7 Å². The highest BCUT2D eigenvalue weighted by molar-refractivity contribution is 6.67. The predicted octanol–water partition coefficient (Wildman–Crippen LogP) is 3.92. The van der Waals surface area contributed by atoms with Gasteiger partial charge in [0.1, 0.15) is 11.5 Å². The van der Waals surface area contributed by atoms with Crippen molar-refractivity contribution in [1.29, 1.82) is 0 Å². The van der Waals surface area contributed by atoms with E-state index in [2.05, 4.69) is 0 Å². The van der Waals surface area contributed by atoms with E-state index >= 15 is 0 Å². The van der Waals surface area contributed by atoms with E-state index in [1.165, 1.54) is 26.0 Å². The zero-order valence-corrected chi connectivity index (χ0v) is 16.5. The molecule has 0 fully saturated rings. The number of rotatable bonds is 4. The molecule has 0 saturated heterocycles. The Labute approximate surface area is 166 Å². The maximum Gasteiger partial charge on any atom is 0.336 e. The summed E-state index contributed by atoms with van der Waals surface area (Å²) in [5, 5.41) is 8.22. The van der Waals surface area contributed by atoms with Gasteiger partial charge >= 0.3 is 17.9 Å². The van der Waals surface area contributed by atoms with Crippen LogP contribution < -0.4 is 9.47 Å². The Bertz CT molecular complexity index is 843. The lowest BCUT2D eigenvalue weighted by atomic mass is 10.1. The average Bonchev–Trinajstić information content (AvgIpc) is 2.58. The van der Waals surface area contributed by atoms with E-state index in [0.29, 0.717) is 22.4 Å². The zero-order chi connectivity index (χ0) is 21.4. The van der Waals surface area contributed by atoms with Gasteiger partial charge in [0.25, 0.3) is 5.24 Å². The fourth-order valence-electron chi connectivity index (χ4n) is 2.20. The molecule has 0 aliphatic rings. The van der Waals surface area contributed by atoms with Crippen molar-refractivity contribution in [3.63, 3.8) is 0 Å². The fourth-order valence-corrected chi connectivity index (χ4v) is 2.41. The van der Waals surface area contributed by atoms with Gasteiger partial charge < -0.3 is 14.6 Å². The molecule has 28 heavy (non-hydrogen) atoms. The molecule has 2 aromatic carbocycles. The highest BCUT2D eigenvalue weighted by atomic mass is 35.5. The van der Waals surface area contributed by atoms with Crippen molar-refractivity contribution in [3.05, 3.63) is 58.7 Å². The maximum absolute atomic E-state index is 10.9. The van der Waals surface area contributed by atoms with Crippen LogP contribution in [0.5, 0.6) is 11.5 Å². The monoisotopic (exact) mass is 406 g/mol. The summed E-state index contributed by atoms with van der Waals surface area (Å²) in [6.45, 7) is 5.84. The van der Waals surface area contributed by atoms with Gasteiger partial charge in [-0.25, -0.2) is 4.79 Å². The standard InChI is InChI=1S/C10H9ClO3.C10H10O4/c1-6-8(10(11)13)4-3-5-9(6)14-7(2)12;1-6-8(10(12)13)4-3-5-9(6)14-7(2)11/h3-5H,1-2H3;3-5H,1-2H3,(H,12,13). The van der Waals surface area contributed by atoms with Crippen LogP contribution in [0, 0.1) is 13.8 Å². The molecule has 2 rings (SSSR count). The Morgan fingerprint density at radius 2 is 1.18 bits per heavy atom. The number of carboxylic acid groups (broad SMARTS) is 1. The topological polar surface area (TPSA) is 107 Å². The number of ether oxygens (including phenoxy) is 2. The molecule has 148 valence electrons. The first-order valence-electron chi connectivity index (χ1n) is 8.03. The molecule has 2 aromatic rings. The van der Waals surface area contributed by atoms with Crippen LogP contribution in [0.15, 0.2) is 36.4 Å². The van der Waals surface area contributed by atoms with Crippen molar-refractivity contribution in [2.24, 2.45) is 0 Å². The summed E-state index contributed by atoms with van der Waals surface area (Å²) < 4.78 is 9.72. The molecular formula is C20H19ClO7. The number of esters is 2. The van der Waals surface area contributed by atoms with Crippen molar-refractivity contribution in [2.75, 3.05) is 0 Å². The summed E-state index contributed by atoms with van der Waals surface area (Å²) in [6.07, 6.45) is 0. The Balaban J connectivity index is 0.000000280. The highest BCUT2D eigenvalue weighted by Gasteiger charge is 2.12. The number of halogens is 1. The third-order valence-electron chi connectivity index (χ3n) is 3.52. The van der Waals surface area contributed by atoms with E-state index in [1.54, 1.807) is 38.1 Å². The molecule has 0 bridgehead atoms. The molecule has 1 N–H and O–H groups in total. The van der Waals surface area contributed by atoms with E-state index in [0.717, 1.165) is 0 Å². The summed E-state index contributed by atoms with van der Waals surface area (Å²) in [5.41, 5.74) is 1.52. The van der Waals surface area contributed by atoms with E-state index in [9.17, 15) is 19.2 Å². The number of benzene rings is 2. The molecule has 0 atom stereocenters. The van der Waals surface area contributed by atoms with Crippen LogP contribution in [0.3, 0.4) is 0 Å². The summed E-state index contributed by atoms with van der Waals surface area (Å²) in [5.74, 6) is -1.26. The normalized spacial score (nSPS) is 9.61. The van der Waals surface area contributed by atoms with E-state index < -0.39 is 23.2 Å². The first-order valence-corrected chi connectivity index (χ1v) is 8.41. The minimum atomic E-state index is -1.03. The molecule has 0 unspecified atom stereocenters. The third-order valence-corrected chi connectivity index (χ3v) is 3.72. The Morgan fingerprint density at radius 3 is 1.54 bits per heavy atom. The Morgan fingerprint density at radius 1 is 0.786 bits per heavy atom. The van der Waals surface area contributed by atoms with Crippen LogP contribution in [-0.4, -0.2) is 28.3 Å². The predicted molar refractivity (Wildman–Crippen MR) is 102 cm³/mol. The second-order valence-corrected chi connectivity index (χ2v) is 5.97. The van der Waals surface area contributed by atoms with Crippen molar-refractivity contribution < 1.29 is 33.8 Å². The SMILES string of the molecule is CC(=O)Oc1cccc(C(=O)Cl)c1C.CC(=O)Oc1cccc(C(=O)O)c1C. The second-order valence-electron chi connectivity index (χ2n) is 5.62. The molecule has 0 spiro atoms. The first kappa shape index (κ1) is 22.9. The number of hydrogen-bond donors (Lipinski definition) is 1. The number of carboxylic acids is 1. The fraction of sp³-hybridized carbons (Fsp3) is 0.200. The van der Waals surface area contributed by atoms with Crippen LogP contribution in [-0.2, 0) is 9.59 Å². The van der Waals surface area contributed by atoms with Crippen LogP contribution in [0.4, 0.5) is 0 Å². The molecule has 7 nitrogen and oxygen atoms in total. The minimum absolute atomic E-state index is 0.142. The Kier molecular flexibility index (Phi) is 8.34. The van der Waals surface area contributed by atoms with E-state index in [4.69, 9.17) is 26.2 Å². The lowest BCUT2D eigenvalue weighted by Gasteiger charge is -2.07. The van der Waals surface area contributed by atoms with Crippen molar-refractivity contribution in [1.82, 2.24) is 0 Å². The third kappa shape index (κ3) is 6.51. The van der Waals surface area contributed by atoms with E-state index in [-0.39, 0.29) is 11.3 Å². The molecular weight excluding hydrogens is 388 g/mol. The van der Waals surface area contributed by atoms with Crippen LogP contribution in [0.2, 0.25) is 0 Å². The summed E-state index contributed by atoms with van der Waals surface area (Å²) >= 11 is 5.34. The highest BCUT2D eigenvalue weighted by Crippen LogP contribution is 2.23. The zero-order valence-electron chi connectivity index (χ0n) is 15.7. The molecule has 0 radical (unpaired) electrons. The summed E-state index contributed by atoms with van der Waals surface area (Å²) in [6, 6.07) is 9.36. The van der Waals surface area contributed by atoms with Crippen LogP contribution in [0.25, 0.3) is 0 Å². The molecule has 0 aliphatic carbocycles. The lowest BCUT2D eigenvalue weighted by molar-refractivity contribution is -0.132.